The number of aryl methyl sites for hydroxylation is 1. The zero-order chi connectivity index (χ0) is 30.9. The highest BCUT2D eigenvalue weighted by atomic mass is 35.5. The summed E-state index contributed by atoms with van der Waals surface area (Å²) in [5.41, 5.74) is 1.34. The molecule has 0 aliphatic carbocycles. The Morgan fingerprint density at radius 2 is 1.43 bits per heavy atom. The Labute approximate surface area is 253 Å². The van der Waals surface area contributed by atoms with Crippen molar-refractivity contribution in [1.82, 2.24) is 4.90 Å². The van der Waals surface area contributed by atoms with Crippen molar-refractivity contribution in [1.29, 1.82) is 0 Å². The van der Waals surface area contributed by atoms with Gasteiger partial charge < -0.3 is 19.1 Å². The van der Waals surface area contributed by atoms with Crippen LogP contribution >= 0.6 is 11.6 Å². The molecule has 0 heterocycles. The minimum Gasteiger partial charge on any atom is -0.489 e. The van der Waals surface area contributed by atoms with E-state index in [9.17, 15) is 14.4 Å². The first-order valence-electron chi connectivity index (χ1n) is 14.0. The molecule has 8 heteroatoms. The van der Waals surface area contributed by atoms with Crippen LogP contribution < -0.4 is 4.74 Å². The number of hydrogen-bond acceptors (Lipinski definition) is 6. The van der Waals surface area contributed by atoms with Crippen LogP contribution in [-0.2, 0) is 38.6 Å². The molecule has 0 atom stereocenters. The number of rotatable bonds is 11. The predicted octanol–water partition coefficient (Wildman–Crippen LogP) is 7.18. The lowest BCUT2D eigenvalue weighted by Crippen LogP contribution is -2.39. The summed E-state index contributed by atoms with van der Waals surface area (Å²) in [5, 5.41) is 0.488. The van der Waals surface area contributed by atoms with Crippen molar-refractivity contribution >= 4 is 29.4 Å². The van der Waals surface area contributed by atoms with E-state index >= 15 is 0 Å². The van der Waals surface area contributed by atoms with Crippen LogP contribution in [0.3, 0.4) is 0 Å². The molecule has 0 aliphatic rings. The van der Waals surface area contributed by atoms with Gasteiger partial charge in [-0.1, -0.05) is 66.2 Å². The van der Waals surface area contributed by atoms with E-state index in [-0.39, 0.29) is 25.4 Å². The molecule has 0 bridgehead atoms. The fraction of sp³-hybridized carbons (Fsp3) is 0.382. The van der Waals surface area contributed by atoms with E-state index in [0.717, 1.165) is 11.1 Å². The number of ether oxygens (including phenoxy) is 3. The maximum Gasteiger partial charge on any atom is 0.338 e. The highest BCUT2D eigenvalue weighted by Crippen LogP contribution is 2.25. The SMILES string of the molecule is CC(C)(C)OC(=O)CN(Cc1ccccc1C(=O)OC(C)(C)C)C(=O)CCc1ccc(OCc2ccccc2)cc1Cl. The second-order valence-electron chi connectivity index (χ2n) is 12.0. The van der Waals surface area contributed by atoms with Gasteiger partial charge in [0.2, 0.25) is 5.91 Å². The molecule has 3 rings (SSSR count). The largest absolute Gasteiger partial charge is 0.489 e. The summed E-state index contributed by atoms with van der Waals surface area (Å²) in [4.78, 5) is 40.6. The predicted molar refractivity (Wildman–Crippen MR) is 163 cm³/mol. The van der Waals surface area contributed by atoms with Crippen LogP contribution in [0, 0.1) is 0 Å². The molecule has 0 N–H and O–H groups in total. The zero-order valence-corrected chi connectivity index (χ0v) is 26.0. The summed E-state index contributed by atoms with van der Waals surface area (Å²) in [6.07, 6.45) is 0.455. The minimum absolute atomic E-state index is 0.0352. The van der Waals surface area contributed by atoms with E-state index in [1.807, 2.05) is 42.5 Å². The number of nitrogens with zero attached hydrogens (tertiary/aromatic N) is 1. The van der Waals surface area contributed by atoms with Gasteiger partial charge in [-0.3, -0.25) is 9.59 Å². The van der Waals surface area contributed by atoms with Gasteiger partial charge in [0.15, 0.2) is 0 Å². The maximum absolute atomic E-state index is 13.5. The summed E-state index contributed by atoms with van der Waals surface area (Å²) >= 11 is 6.54. The number of halogens is 1. The Balaban J connectivity index is 1.73. The molecule has 0 unspecified atom stereocenters. The fourth-order valence-electron chi connectivity index (χ4n) is 4.12. The summed E-state index contributed by atoms with van der Waals surface area (Å²) in [6, 6.07) is 22.1. The molecule has 42 heavy (non-hydrogen) atoms. The van der Waals surface area contributed by atoms with Crippen LogP contribution in [0.5, 0.6) is 5.75 Å². The summed E-state index contributed by atoms with van der Waals surface area (Å²) in [6.45, 7) is 10.9. The second-order valence-corrected chi connectivity index (χ2v) is 12.4. The van der Waals surface area contributed by atoms with Gasteiger partial charge in [0, 0.05) is 18.0 Å². The van der Waals surface area contributed by atoms with E-state index in [2.05, 4.69) is 0 Å². The van der Waals surface area contributed by atoms with Crippen molar-refractivity contribution in [3.63, 3.8) is 0 Å². The lowest BCUT2D eigenvalue weighted by Gasteiger charge is -2.26. The van der Waals surface area contributed by atoms with Crippen molar-refractivity contribution < 1.29 is 28.6 Å². The van der Waals surface area contributed by atoms with Gasteiger partial charge in [-0.05, 0) is 82.9 Å². The molecule has 0 aromatic heterocycles. The first-order chi connectivity index (χ1) is 19.7. The summed E-state index contributed by atoms with van der Waals surface area (Å²) < 4.78 is 16.9. The highest BCUT2D eigenvalue weighted by molar-refractivity contribution is 6.31. The van der Waals surface area contributed by atoms with Crippen LogP contribution in [0.25, 0.3) is 0 Å². The number of carbonyl (C=O) groups is 3. The van der Waals surface area contributed by atoms with Crippen LogP contribution in [-0.4, -0.2) is 40.5 Å². The Hall–Kier alpha value is -3.84. The van der Waals surface area contributed by atoms with Crippen LogP contribution in [0.1, 0.15) is 75.0 Å². The van der Waals surface area contributed by atoms with E-state index < -0.39 is 23.1 Å². The average Bonchev–Trinajstić information content (AvgIpc) is 2.89. The van der Waals surface area contributed by atoms with Crippen molar-refractivity contribution in [3.8, 4) is 5.75 Å². The van der Waals surface area contributed by atoms with E-state index in [0.29, 0.717) is 34.9 Å². The molecule has 1 amide bonds. The molecule has 0 fully saturated rings. The van der Waals surface area contributed by atoms with Crippen LogP contribution in [0.2, 0.25) is 5.02 Å². The molecule has 3 aromatic carbocycles. The topological polar surface area (TPSA) is 82.1 Å². The third kappa shape index (κ3) is 10.9. The number of carbonyl (C=O) groups excluding carboxylic acids is 3. The highest BCUT2D eigenvalue weighted by Gasteiger charge is 2.25. The Kier molecular flexibility index (Phi) is 11.2. The van der Waals surface area contributed by atoms with Crippen LogP contribution in [0.4, 0.5) is 0 Å². The lowest BCUT2D eigenvalue weighted by molar-refractivity contribution is -0.159. The van der Waals surface area contributed by atoms with Crippen LogP contribution in [0.15, 0.2) is 72.8 Å². The zero-order valence-electron chi connectivity index (χ0n) is 25.2. The number of amides is 1. The third-order valence-electron chi connectivity index (χ3n) is 5.97. The standard InChI is InChI=1S/C34H40ClNO6/c1-33(2,3)41-31(38)22-36(21-26-14-10-11-15-28(26)32(39)42-34(4,5)6)30(37)19-17-25-16-18-27(20-29(25)35)40-23-24-12-8-7-9-13-24/h7-16,18,20H,17,19,21-23H2,1-6H3. The molecular formula is C34H40ClNO6. The quantitative estimate of drug-likeness (QED) is 0.219. The molecule has 7 nitrogen and oxygen atoms in total. The molecular weight excluding hydrogens is 554 g/mol. The first kappa shape index (κ1) is 32.7. The van der Waals surface area contributed by atoms with Crippen molar-refractivity contribution in [2.75, 3.05) is 6.54 Å². The monoisotopic (exact) mass is 593 g/mol. The normalized spacial score (nSPS) is 11.5. The number of benzene rings is 3. The Morgan fingerprint density at radius 3 is 2.07 bits per heavy atom. The van der Waals surface area contributed by atoms with E-state index in [1.54, 1.807) is 71.9 Å². The summed E-state index contributed by atoms with van der Waals surface area (Å²) in [5.74, 6) is -0.683. The van der Waals surface area contributed by atoms with E-state index in [4.69, 9.17) is 25.8 Å². The van der Waals surface area contributed by atoms with Gasteiger partial charge in [0.1, 0.15) is 30.1 Å². The van der Waals surface area contributed by atoms with Gasteiger partial charge in [0.05, 0.1) is 5.56 Å². The fourth-order valence-corrected chi connectivity index (χ4v) is 4.38. The minimum atomic E-state index is -0.710. The van der Waals surface area contributed by atoms with E-state index in [1.165, 1.54) is 4.90 Å². The molecule has 3 aromatic rings. The summed E-state index contributed by atoms with van der Waals surface area (Å²) in [7, 11) is 0. The lowest BCUT2D eigenvalue weighted by atomic mass is 10.1. The number of esters is 2. The Morgan fingerprint density at radius 1 is 0.786 bits per heavy atom. The molecule has 0 saturated heterocycles. The van der Waals surface area contributed by atoms with Gasteiger partial charge in [-0.2, -0.15) is 0 Å². The van der Waals surface area contributed by atoms with Gasteiger partial charge in [-0.15, -0.1) is 0 Å². The maximum atomic E-state index is 13.5. The molecule has 0 aliphatic heterocycles. The molecule has 0 saturated carbocycles. The van der Waals surface area contributed by atoms with Gasteiger partial charge >= 0.3 is 11.9 Å². The number of hydrogen-bond donors (Lipinski definition) is 0. The van der Waals surface area contributed by atoms with Crippen molar-refractivity contribution in [2.45, 2.75) is 78.7 Å². The molecule has 0 spiro atoms. The van der Waals surface area contributed by atoms with Crippen molar-refractivity contribution in [2.24, 2.45) is 0 Å². The van der Waals surface area contributed by atoms with Crippen molar-refractivity contribution in [3.05, 3.63) is 100 Å². The van der Waals surface area contributed by atoms with Gasteiger partial charge in [0.25, 0.3) is 0 Å². The average molecular weight is 594 g/mol. The van der Waals surface area contributed by atoms with Gasteiger partial charge in [-0.25, -0.2) is 4.79 Å². The second kappa shape index (κ2) is 14.4. The molecule has 224 valence electrons. The molecule has 0 radical (unpaired) electrons. The first-order valence-corrected chi connectivity index (χ1v) is 14.3. The third-order valence-corrected chi connectivity index (χ3v) is 6.32. The smallest absolute Gasteiger partial charge is 0.338 e. The Bertz CT molecular complexity index is 1370.